The lowest BCUT2D eigenvalue weighted by Gasteiger charge is -2.43. The van der Waals surface area contributed by atoms with Crippen molar-refractivity contribution in [1.82, 2.24) is 10.2 Å². The van der Waals surface area contributed by atoms with E-state index in [1.807, 2.05) is 0 Å². The molecule has 0 radical (unpaired) electrons. The van der Waals surface area contributed by atoms with Crippen molar-refractivity contribution in [2.45, 2.75) is 76.5 Å². The highest BCUT2D eigenvalue weighted by atomic mass is 16.2. The zero-order valence-corrected chi connectivity index (χ0v) is 14.3. The van der Waals surface area contributed by atoms with Gasteiger partial charge in [-0.3, -0.25) is 4.79 Å². The van der Waals surface area contributed by atoms with E-state index in [4.69, 9.17) is 0 Å². The van der Waals surface area contributed by atoms with Crippen molar-refractivity contribution in [3.05, 3.63) is 35.9 Å². The second-order valence-electron chi connectivity index (χ2n) is 8.02. The van der Waals surface area contributed by atoms with Crippen molar-refractivity contribution in [3.63, 3.8) is 0 Å². The fraction of sp³-hybridized carbons (Fsp3) is 0.650. The fourth-order valence-corrected chi connectivity index (χ4v) is 5.59. The van der Waals surface area contributed by atoms with Crippen molar-refractivity contribution in [2.75, 3.05) is 0 Å². The molecule has 3 aliphatic rings. The monoisotopic (exact) mass is 312 g/mol. The fourth-order valence-electron chi connectivity index (χ4n) is 5.59. The van der Waals surface area contributed by atoms with Crippen molar-refractivity contribution >= 4 is 5.91 Å². The predicted molar refractivity (Wildman–Crippen MR) is 92.1 cm³/mol. The molecular weight excluding hydrogens is 284 g/mol. The quantitative estimate of drug-likeness (QED) is 0.910. The van der Waals surface area contributed by atoms with Crippen LogP contribution in [0, 0.1) is 5.41 Å². The highest BCUT2D eigenvalue weighted by Crippen LogP contribution is 2.52. The number of fused-ring (bicyclic) bond motifs is 1. The molecular formula is C20H28N2O. The van der Waals surface area contributed by atoms with Crippen LogP contribution in [0.15, 0.2) is 30.3 Å². The smallest absolute Gasteiger partial charge is 0.220 e. The van der Waals surface area contributed by atoms with Gasteiger partial charge in [0.15, 0.2) is 0 Å². The van der Waals surface area contributed by atoms with E-state index in [1.54, 1.807) is 6.92 Å². The van der Waals surface area contributed by atoms with E-state index in [9.17, 15) is 4.79 Å². The second-order valence-corrected chi connectivity index (χ2v) is 8.02. The second kappa shape index (κ2) is 5.62. The van der Waals surface area contributed by atoms with E-state index in [0.717, 1.165) is 6.42 Å². The number of carbonyl (C=O) groups excluding carboxylic acids is 1. The standard InChI is InChI=1S/C20H28N2O/c1-14(23)22-17-13-20(2)18(10-6-7-11-19(20)22)21-16(17)12-15-8-4-3-5-9-15/h3-5,8-9,16-19,21H,6-7,10-13H2,1-2H3/t16-,17-,18+,19?,20+/m0/s1. The Hall–Kier alpha value is -1.35. The van der Waals surface area contributed by atoms with Crippen LogP contribution in [-0.4, -0.2) is 35.0 Å². The molecule has 1 aromatic rings. The van der Waals surface area contributed by atoms with Crippen molar-refractivity contribution < 1.29 is 4.79 Å². The van der Waals surface area contributed by atoms with E-state index in [2.05, 4.69) is 47.5 Å². The summed E-state index contributed by atoms with van der Waals surface area (Å²) in [5, 5.41) is 3.97. The first kappa shape index (κ1) is 15.2. The van der Waals surface area contributed by atoms with Crippen LogP contribution in [0.25, 0.3) is 0 Å². The third kappa shape index (κ3) is 2.40. The first-order chi connectivity index (χ1) is 11.1. The number of benzene rings is 1. The lowest BCUT2D eigenvalue weighted by Crippen LogP contribution is -2.57. The molecule has 1 amide bonds. The molecule has 0 spiro atoms. The van der Waals surface area contributed by atoms with Gasteiger partial charge in [-0.25, -0.2) is 0 Å². The Balaban J connectivity index is 1.67. The normalized spacial score (nSPS) is 39.1. The number of nitrogens with one attached hydrogen (secondary N) is 1. The van der Waals surface area contributed by atoms with Gasteiger partial charge in [0.1, 0.15) is 0 Å². The minimum Gasteiger partial charge on any atom is -0.335 e. The van der Waals surface area contributed by atoms with E-state index >= 15 is 0 Å². The average Bonchev–Trinajstić information content (AvgIpc) is 2.69. The molecule has 3 heteroatoms. The molecule has 2 aliphatic heterocycles. The Kier molecular flexibility index (Phi) is 3.72. The summed E-state index contributed by atoms with van der Waals surface area (Å²) in [4.78, 5) is 14.7. The van der Waals surface area contributed by atoms with Gasteiger partial charge in [0, 0.05) is 36.5 Å². The molecule has 2 saturated heterocycles. The Labute approximate surface area is 139 Å². The van der Waals surface area contributed by atoms with E-state index < -0.39 is 0 Å². The van der Waals surface area contributed by atoms with Gasteiger partial charge in [-0.15, -0.1) is 0 Å². The maximum atomic E-state index is 12.4. The van der Waals surface area contributed by atoms with Gasteiger partial charge in [0.2, 0.25) is 5.91 Å². The summed E-state index contributed by atoms with van der Waals surface area (Å²) >= 11 is 0. The summed E-state index contributed by atoms with van der Waals surface area (Å²) in [6.07, 6.45) is 7.19. The van der Waals surface area contributed by atoms with Crippen LogP contribution < -0.4 is 5.32 Å². The highest BCUT2D eigenvalue weighted by molar-refractivity contribution is 5.75. The number of nitrogens with zero attached hydrogens (tertiary/aromatic N) is 1. The third-order valence-corrected chi connectivity index (χ3v) is 6.66. The van der Waals surface area contributed by atoms with Crippen LogP contribution >= 0.6 is 0 Å². The van der Waals surface area contributed by atoms with Crippen LogP contribution in [0.3, 0.4) is 0 Å². The number of rotatable bonds is 2. The van der Waals surface area contributed by atoms with Gasteiger partial charge in [-0.05, 0) is 31.2 Å². The number of hydrogen-bond acceptors (Lipinski definition) is 2. The van der Waals surface area contributed by atoms with Gasteiger partial charge in [-0.2, -0.15) is 0 Å². The summed E-state index contributed by atoms with van der Waals surface area (Å²) in [7, 11) is 0. The zero-order valence-electron chi connectivity index (χ0n) is 14.3. The molecule has 2 heterocycles. The largest absolute Gasteiger partial charge is 0.335 e. The van der Waals surface area contributed by atoms with E-state index in [0.29, 0.717) is 24.2 Å². The van der Waals surface area contributed by atoms with Crippen LogP contribution in [-0.2, 0) is 11.2 Å². The Morgan fingerprint density at radius 2 is 2.00 bits per heavy atom. The lowest BCUT2D eigenvalue weighted by molar-refractivity contribution is -0.132. The van der Waals surface area contributed by atoms with Gasteiger partial charge in [0.25, 0.3) is 0 Å². The van der Waals surface area contributed by atoms with Gasteiger partial charge >= 0.3 is 0 Å². The van der Waals surface area contributed by atoms with Gasteiger partial charge in [0.05, 0.1) is 0 Å². The molecule has 1 N–H and O–H groups in total. The molecule has 1 unspecified atom stereocenters. The summed E-state index contributed by atoms with van der Waals surface area (Å²) in [6.45, 7) is 4.19. The number of carbonyl (C=O) groups is 1. The Morgan fingerprint density at radius 3 is 2.74 bits per heavy atom. The van der Waals surface area contributed by atoms with Crippen molar-refractivity contribution in [3.8, 4) is 0 Å². The summed E-state index contributed by atoms with van der Waals surface area (Å²) in [6, 6.07) is 12.5. The molecule has 124 valence electrons. The predicted octanol–water partition coefficient (Wildman–Crippen LogP) is 3.14. The molecule has 3 fully saturated rings. The SMILES string of the molecule is CC(=O)N1C2CCCC[C@H]3N[C@@H](Cc4ccccc4)[C@@H]1C[C@@]23C. The third-order valence-electron chi connectivity index (χ3n) is 6.66. The van der Waals surface area contributed by atoms with Crippen LogP contribution in [0.5, 0.6) is 0 Å². The van der Waals surface area contributed by atoms with Crippen LogP contribution in [0.1, 0.15) is 51.5 Å². The molecule has 1 aromatic carbocycles. The Morgan fingerprint density at radius 1 is 1.26 bits per heavy atom. The minimum absolute atomic E-state index is 0.264. The number of piperidine rings is 1. The zero-order chi connectivity index (χ0) is 16.0. The van der Waals surface area contributed by atoms with Crippen LogP contribution in [0.2, 0.25) is 0 Å². The first-order valence-electron chi connectivity index (χ1n) is 9.18. The van der Waals surface area contributed by atoms with Crippen molar-refractivity contribution in [2.24, 2.45) is 5.41 Å². The molecule has 23 heavy (non-hydrogen) atoms. The molecule has 1 saturated carbocycles. The van der Waals surface area contributed by atoms with Gasteiger partial charge < -0.3 is 10.2 Å². The number of hydrogen-bond donors (Lipinski definition) is 1. The highest BCUT2D eigenvalue weighted by Gasteiger charge is 2.59. The average molecular weight is 312 g/mol. The van der Waals surface area contributed by atoms with E-state index in [-0.39, 0.29) is 11.3 Å². The Bertz CT molecular complexity index is 587. The molecule has 2 bridgehead atoms. The lowest BCUT2D eigenvalue weighted by atomic mass is 9.70. The molecule has 3 nitrogen and oxygen atoms in total. The van der Waals surface area contributed by atoms with Crippen molar-refractivity contribution in [1.29, 1.82) is 0 Å². The maximum Gasteiger partial charge on any atom is 0.220 e. The topological polar surface area (TPSA) is 32.3 Å². The molecule has 4 rings (SSSR count). The van der Waals surface area contributed by atoms with E-state index in [1.165, 1.54) is 37.7 Å². The maximum absolute atomic E-state index is 12.4. The van der Waals surface area contributed by atoms with Crippen LogP contribution in [0.4, 0.5) is 0 Å². The summed E-state index contributed by atoms with van der Waals surface area (Å²) in [5.41, 5.74) is 1.64. The summed E-state index contributed by atoms with van der Waals surface area (Å²) < 4.78 is 0. The van der Waals surface area contributed by atoms with Gasteiger partial charge in [-0.1, -0.05) is 50.1 Å². The molecule has 1 aliphatic carbocycles. The number of amides is 1. The first-order valence-corrected chi connectivity index (χ1v) is 9.18. The molecule has 0 aromatic heterocycles. The number of likely N-dealkylation sites (tertiary alicyclic amines) is 1. The minimum atomic E-state index is 0.264. The summed E-state index contributed by atoms with van der Waals surface area (Å²) in [5.74, 6) is 0.270. The molecule has 5 atom stereocenters.